The molecule has 1 aliphatic rings. The topological polar surface area (TPSA) is 94.5 Å². The Bertz CT molecular complexity index is 708. The van der Waals surface area contributed by atoms with Crippen LogP contribution in [0.15, 0.2) is 24.3 Å². The van der Waals surface area contributed by atoms with E-state index in [1.165, 1.54) is 0 Å². The molecule has 0 spiro atoms. The average Bonchev–Trinajstić information content (AvgIpc) is 2.55. The Balaban J connectivity index is 3.55. The summed E-state index contributed by atoms with van der Waals surface area (Å²) in [5.74, 6) is -0.572. The van der Waals surface area contributed by atoms with Gasteiger partial charge in [-0.1, -0.05) is 39.0 Å². The van der Waals surface area contributed by atoms with E-state index in [4.69, 9.17) is 18.0 Å². The highest BCUT2D eigenvalue weighted by Crippen LogP contribution is 2.61. The predicted molar refractivity (Wildman–Crippen MR) is 131 cm³/mol. The quantitative estimate of drug-likeness (QED) is 0.357. The monoisotopic (exact) mass is 492 g/mol. The van der Waals surface area contributed by atoms with Gasteiger partial charge in [-0.15, -0.1) is 0 Å². The van der Waals surface area contributed by atoms with Crippen LogP contribution in [0, 0.1) is 5.92 Å². The Morgan fingerprint density at radius 2 is 1.47 bits per heavy atom. The third-order valence-electron chi connectivity index (χ3n) is 4.62. The molecule has 2 unspecified atom stereocenters. The molecule has 3 atom stereocenters. The Morgan fingerprint density at radius 3 is 1.88 bits per heavy atom. The van der Waals surface area contributed by atoms with E-state index < -0.39 is 58.6 Å². The van der Waals surface area contributed by atoms with E-state index in [1.807, 2.05) is 26.0 Å². The second-order valence-corrected chi connectivity index (χ2v) is 16.3. The minimum absolute atomic E-state index is 0.0462. The maximum atomic E-state index is 14.0. The third-order valence-corrected chi connectivity index (χ3v) is 8.46. The summed E-state index contributed by atoms with van der Waals surface area (Å²) in [5, 5.41) is 21.0. The van der Waals surface area contributed by atoms with Crippen molar-refractivity contribution in [2.45, 2.75) is 110 Å². The average molecular weight is 493 g/mol. The van der Waals surface area contributed by atoms with Crippen molar-refractivity contribution in [3.05, 3.63) is 24.3 Å². The van der Waals surface area contributed by atoms with E-state index in [-0.39, 0.29) is 5.04 Å². The van der Waals surface area contributed by atoms with Gasteiger partial charge in [0.05, 0.1) is 23.4 Å². The number of hydrogen-bond acceptors (Lipinski definition) is 7. The lowest BCUT2D eigenvalue weighted by Crippen LogP contribution is -2.58. The van der Waals surface area contributed by atoms with Crippen LogP contribution in [0.1, 0.15) is 76.2 Å². The van der Waals surface area contributed by atoms with Crippen LogP contribution in [0.3, 0.4) is 0 Å². The van der Waals surface area contributed by atoms with Crippen molar-refractivity contribution >= 4 is 17.6 Å². The zero-order valence-corrected chi connectivity index (χ0v) is 24.1. The molecule has 0 aromatic heterocycles. The van der Waals surface area contributed by atoms with Crippen LogP contribution >= 0.6 is 7.82 Å². The summed E-state index contributed by atoms with van der Waals surface area (Å²) in [6.07, 6.45) is 5.61. The maximum absolute atomic E-state index is 14.0. The van der Waals surface area contributed by atoms with Crippen molar-refractivity contribution in [3.8, 4) is 0 Å². The van der Waals surface area contributed by atoms with Crippen molar-refractivity contribution in [2.24, 2.45) is 5.92 Å². The lowest BCUT2D eigenvalue weighted by atomic mass is 9.72. The molecule has 188 valence electrons. The molecule has 0 saturated heterocycles. The number of phosphoric ester groups is 1. The second-order valence-electron chi connectivity index (χ2n) is 12.2. The lowest BCUT2D eigenvalue weighted by Gasteiger charge is -2.49. The molecule has 1 rings (SSSR count). The van der Waals surface area contributed by atoms with Crippen LogP contribution in [-0.2, 0) is 22.6 Å². The van der Waals surface area contributed by atoms with Gasteiger partial charge in [0.25, 0.3) is 0 Å². The molecule has 1 aliphatic carbocycles. The molecule has 0 aliphatic heterocycles. The van der Waals surface area contributed by atoms with Crippen LogP contribution in [0.4, 0.5) is 0 Å². The van der Waals surface area contributed by atoms with Crippen molar-refractivity contribution in [1.29, 1.82) is 0 Å². The highest BCUT2D eigenvalue weighted by Gasteiger charge is 2.56. The summed E-state index contributed by atoms with van der Waals surface area (Å²) in [6, 6.07) is 0. The molecule has 9 heteroatoms. The van der Waals surface area contributed by atoms with Gasteiger partial charge in [-0.25, -0.2) is 4.57 Å². The van der Waals surface area contributed by atoms with Crippen molar-refractivity contribution in [3.63, 3.8) is 0 Å². The summed E-state index contributed by atoms with van der Waals surface area (Å²) in [5.41, 5.74) is -4.07. The molecule has 0 saturated carbocycles. The van der Waals surface area contributed by atoms with Crippen LogP contribution in [-0.4, -0.2) is 55.1 Å². The van der Waals surface area contributed by atoms with Gasteiger partial charge < -0.3 is 14.6 Å². The number of hydrogen-bond donors (Lipinski definition) is 2. The zero-order valence-electron chi connectivity index (χ0n) is 21.8. The molecule has 2 N–H and O–H groups in total. The van der Waals surface area contributed by atoms with E-state index >= 15 is 0 Å². The van der Waals surface area contributed by atoms with E-state index in [9.17, 15) is 14.8 Å². The van der Waals surface area contributed by atoms with Crippen LogP contribution in [0.5, 0.6) is 0 Å². The fourth-order valence-corrected chi connectivity index (χ4v) is 6.55. The lowest BCUT2D eigenvalue weighted by molar-refractivity contribution is -0.134. The molecule has 0 bridgehead atoms. The number of allylic oxidation sites excluding steroid dienone is 2. The van der Waals surface area contributed by atoms with Crippen LogP contribution in [0.25, 0.3) is 0 Å². The van der Waals surface area contributed by atoms with Gasteiger partial charge in [0.2, 0.25) is 0 Å². The molecule has 0 aromatic rings. The van der Waals surface area contributed by atoms with Gasteiger partial charge in [-0.2, -0.15) is 0 Å². The summed E-state index contributed by atoms with van der Waals surface area (Å²) < 4.78 is 38.2. The number of rotatable bonds is 9. The van der Waals surface area contributed by atoms with Crippen LogP contribution < -0.4 is 0 Å². The molecule has 0 fully saturated rings. The molecule has 0 amide bonds. The van der Waals surface area contributed by atoms with Gasteiger partial charge in [0, 0.05) is 5.92 Å². The van der Waals surface area contributed by atoms with E-state index in [2.05, 4.69) is 20.8 Å². The van der Waals surface area contributed by atoms with E-state index in [1.54, 1.807) is 53.7 Å². The molecule has 32 heavy (non-hydrogen) atoms. The zero-order chi connectivity index (χ0) is 25.2. The minimum atomic E-state index is -4.22. The summed E-state index contributed by atoms with van der Waals surface area (Å²) >= 11 is 0. The fraction of sp³-hybridized carbons (Fsp3) is 0.826. The van der Waals surface area contributed by atoms with Gasteiger partial charge in [0.1, 0.15) is 11.7 Å². The Labute approximate surface area is 197 Å². The largest absolute Gasteiger partial charge is 0.476 e. The number of aliphatic hydroxyl groups is 2. The van der Waals surface area contributed by atoms with Crippen molar-refractivity contribution < 1.29 is 32.8 Å². The predicted octanol–water partition coefficient (Wildman–Crippen LogP) is 4.67. The van der Waals surface area contributed by atoms with Crippen molar-refractivity contribution in [1.82, 2.24) is 0 Å². The molecule has 0 heterocycles. The first-order valence-electron chi connectivity index (χ1n) is 11.2. The van der Waals surface area contributed by atoms with Gasteiger partial charge in [0.15, 0.2) is 9.76 Å². The molecule has 0 radical (unpaired) electrons. The normalized spacial score (nSPS) is 24.5. The van der Waals surface area contributed by atoms with Gasteiger partial charge in [-0.3, -0.25) is 13.6 Å². The molecule has 7 nitrogen and oxygen atoms in total. The molecular formula is C23H45O7PSi. The SMILES string of the molecule is CC(C)(C)OP(=O)(OC(C)(C)C)OC1([C@H](O)CO)C=CC=CC1C(C)(C)O[SiH2]C(C)(C)C. The minimum Gasteiger partial charge on any atom is -0.418 e. The summed E-state index contributed by atoms with van der Waals surface area (Å²) in [6.45, 7) is 20.1. The molecular weight excluding hydrogens is 447 g/mol. The first-order valence-corrected chi connectivity index (χ1v) is 13.9. The van der Waals surface area contributed by atoms with Crippen LogP contribution in [0.2, 0.25) is 5.04 Å². The summed E-state index contributed by atoms with van der Waals surface area (Å²) in [4.78, 5) is 0. The van der Waals surface area contributed by atoms with E-state index in [0.29, 0.717) is 0 Å². The Hall–Kier alpha value is -0.313. The first kappa shape index (κ1) is 29.7. The highest BCUT2D eigenvalue weighted by molar-refractivity contribution is 7.48. The fourth-order valence-electron chi connectivity index (χ4n) is 3.43. The van der Waals surface area contributed by atoms with Crippen molar-refractivity contribution in [2.75, 3.05) is 6.61 Å². The molecule has 0 aromatic carbocycles. The second kappa shape index (κ2) is 10.1. The third kappa shape index (κ3) is 8.80. The number of aliphatic hydroxyl groups excluding tert-OH is 2. The maximum Gasteiger partial charge on any atom is 0.476 e. The summed E-state index contributed by atoms with van der Waals surface area (Å²) in [7, 11) is -5.19. The van der Waals surface area contributed by atoms with Gasteiger partial charge >= 0.3 is 7.82 Å². The highest BCUT2D eigenvalue weighted by atomic mass is 31.2. The standard InChI is InChI=1S/C23H45O7PSi/c1-19(2,3)27-31(26,28-20(4,5)6)29-23(18(25)16-24)15-13-12-14-17(23)22(10,11)30-32-21(7,8)9/h12-15,17-18,24-25H,16,32H2,1-11H3/t17?,18-,23?/m1/s1. The number of phosphoric acid groups is 1. The Kier molecular flexibility index (Phi) is 9.40. The van der Waals surface area contributed by atoms with Gasteiger partial charge in [-0.05, 0) is 66.5 Å². The smallest absolute Gasteiger partial charge is 0.418 e. The van der Waals surface area contributed by atoms with E-state index in [0.717, 1.165) is 0 Å². The Morgan fingerprint density at radius 1 is 0.969 bits per heavy atom. The first-order chi connectivity index (χ1) is 14.1.